The van der Waals surface area contributed by atoms with Crippen molar-refractivity contribution in [2.75, 3.05) is 29.5 Å². The lowest BCUT2D eigenvalue weighted by Crippen LogP contribution is -2.47. The number of nitrogens with zero attached hydrogens (tertiary/aromatic N) is 1. The fraction of sp³-hybridized carbons (Fsp3) is 0.538. The summed E-state index contributed by atoms with van der Waals surface area (Å²) in [4.78, 5) is 1.95. The Morgan fingerprint density at radius 1 is 1.42 bits per heavy atom. The van der Waals surface area contributed by atoms with Crippen LogP contribution in [0.15, 0.2) is 18.2 Å². The molecule has 4 nitrogen and oxygen atoms in total. The fourth-order valence-corrected chi connectivity index (χ4v) is 4.05. The molecule has 106 valence electrons. The van der Waals surface area contributed by atoms with E-state index in [4.69, 9.17) is 5.73 Å². The van der Waals surface area contributed by atoms with Crippen LogP contribution in [0.5, 0.6) is 0 Å². The molecule has 6 heteroatoms. The van der Waals surface area contributed by atoms with E-state index in [2.05, 4.69) is 0 Å². The first-order chi connectivity index (χ1) is 8.91. The van der Waals surface area contributed by atoms with Gasteiger partial charge in [0.05, 0.1) is 11.5 Å². The van der Waals surface area contributed by atoms with Crippen LogP contribution in [0.3, 0.4) is 0 Å². The van der Waals surface area contributed by atoms with Gasteiger partial charge in [0.1, 0.15) is 5.82 Å². The Morgan fingerprint density at radius 2 is 2.16 bits per heavy atom. The van der Waals surface area contributed by atoms with Crippen molar-refractivity contribution in [1.29, 1.82) is 0 Å². The lowest BCUT2D eigenvalue weighted by atomic mass is 10.1. The zero-order chi connectivity index (χ0) is 14.0. The van der Waals surface area contributed by atoms with Crippen LogP contribution in [0.1, 0.15) is 12.5 Å². The maximum atomic E-state index is 13.6. The highest BCUT2D eigenvalue weighted by atomic mass is 32.2. The molecular weight excluding hydrogens is 267 g/mol. The predicted octanol–water partition coefficient (Wildman–Crippen LogP) is 0.950. The molecule has 19 heavy (non-hydrogen) atoms. The first-order valence-electron chi connectivity index (χ1n) is 6.38. The van der Waals surface area contributed by atoms with Gasteiger partial charge in [0.25, 0.3) is 0 Å². The highest BCUT2D eigenvalue weighted by molar-refractivity contribution is 7.91. The number of rotatable bonds is 3. The summed E-state index contributed by atoms with van der Waals surface area (Å²) >= 11 is 0. The molecule has 1 atom stereocenters. The topological polar surface area (TPSA) is 63.4 Å². The smallest absolute Gasteiger partial charge is 0.154 e. The van der Waals surface area contributed by atoms with E-state index >= 15 is 0 Å². The van der Waals surface area contributed by atoms with Crippen molar-refractivity contribution in [3.8, 4) is 0 Å². The van der Waals surface area contributed by atoms with Crippen molar-refractivity contribution in [2.24, 2.45) is 5.73 Å². The molecular formula is C13H19FN2O2S. The Morgan fingerprint density at radius 3 is 2.79 bits per heavy atom. The second-order valence-electron chi connectivity index (χ2n) is 5.01. The van der Waals surface area contributed by atoms with Crippen molar-refractivity contribution in [2.45, 2.75) is 19.4 Å². The molecule has 1 aromatic rings. The summed E-state index contributed by atoms with van der Waals surface area (Å²) in [5.74, 6) is -0.0582. The van der Waals surface area contributed by atoms with Gasteiger partial charge in [0.15, 0.2) is 9.84 Å². The largest absolute Gasteiger partial charge is 0.367 e. The van der Waals surface area contributed by atoms with Gasteiger partial charge in [-0.2, -0.15) is 0 Å². The third kappa shape index (κ3) is 3.45. The second-order valence-corrected chi connectivity index (χ2v) is 7.24. The summed E-state index contributed by atoms with van der Waals surface area (Å²) in [5.41, 5.74) is 7.07. The average Bonchev–Trinajstić information content (AvgIpc) is 2.27. The highest BCUT2D eigenvalue weighted by Gasteiger charge is 2.28. The molecule has 1 aromatic carbocycles. The normalized spacial score (nSPS) is 22.5. The summed E-state index contributed by atoms with van der Waals surface area (Å²) in [7, 11) is -2.96. The zero-order valence-corrected chi connectivity index (χ0v) is 11.8. The average molecular weight is 286 g/mol. The van der Waals surface area contributed by atoms with Crippen molar-refractivity contribution in [3.05, 3.63) is 29.6 Å². The Hall–Kier alpha value is -1.14. The summed E-state index contributed by atoms with van der Waals surface area (Å²) in [5, 5.41) is 0. The van der Waals surface area contributed by atoms with Crippen LogP contribution >= 0.6 is 0 Å². The first-order valence-corrected chi connectivity index (χ1v) is 8.20. The molecule has 1 saturated heterocycles. The van der Waals surface area contributed by atoms with E-state index in [1.165, 1.54) is 12.1 Å². The molecule has 2 N–H and O–H groups in total. The SMILES string of the molecule is CC1CS(=O)(=O)CCN1c1cc(F)cc(CCN)c1. The fourth-order valence-electron chi connectivity index (χ4n) is 2.49. The number of hydrogen-bond acceptors (Lipinski definition) is 4. The maximum absolute atomic E-state index is 13.6. The summed E-state index contributed by atoms with van der Waals surface area (Å²) in [6.45, 7) is 2.73. The minimum atomic E-state index is -2.96. The predicted molar refractivity (Wildman–Crippen MR) is 74.6 cm³/mol. The van der Waals surface area contributed by atoms with E-state index in [1.54, 1.807) is 0 Å². The lowest BCUT2D eigenvalue weighted by molar-refractivity contribution is 0.567. The molecule has 0 aliphatic carbocycles. The molecule has 1 unspecified atom stereocenters. The molecule has 0 spiro atoms. The Balaban J connectivity index is 2.26. The molecule has 0 aromatic heterocycles. The molecule has 1 aliphatic rings. The Labute approximate surface area is 113 Å². The number of sulfone groups is 1. The zero-order valence-electron chi connectivity index (χ0n) is 11.0. The van der Waals surface area contributed by atoms with E-state index in [0.717, 1.165) is 11.3 Å². The minimum absolute atomic E-state index is 0.121. The van der Waals surface area contributed by atoms with Gasteiger partial charge in [0.2, 0.25) is 0 Å². The summed E-state index contributed by atoms with van der Waals surface area (Å²) in [6.07, 6.45) is 0.616. The monoisotopic (exact) mass is 286 g/mol. The number of hydrogen-bond donors (Lipinski definition) is 1. The van der Waals surface area contributed by atoms with Crippen molar-refractivity contribution in [3.63, 3.8) is 0 Å². The van der Waals surface area contributed by atoms with E-state index in [0.29, 0.717) is 19.5 Å². The molecule has 0 amide bonds. The summed E-state index contributed by atoms with van der Waals surface area (Å²) < 4.78 is 36.7. The Bertz CT molecular complexity index is 560. The van der Waals surface area contributed by atoms with Crippen LogP contribution in [0.2, 0.25) is 0 Å². The van der Waals surface area contributed by atoms with Crippen LogP contribution < -0.4 is 10.6 Å². The first kappa shape index (κ1) is 14.3. The van der Waals surface area contributed by atoms with Gasteiger partial charge in [0, 0.05) is 18.3 Å². The van der Waals surface area contributed by atoms with Gasteiger partial charge in [-0.15, -0.1) is 0 Å². The molecule has 1 fully saturated rings. The van der Waals surface area contributed by atoms with Gasteiger partial charge in [-0.1, -0.05) is 0 Å². The van der Waals surface area contributed by atoms with Crippen LogP contribution in [-0.2, 0) is 16.3 Å². The van der Waals surface area contributed by atoms with Crippen LogP contribution in [0, 0.1) is 5.82 Å². The van der Waals surface area contributed by atoms with E-state index in [9.17, 15) is 12.8 Å². The van der Waals surface area contributed by atoms with Gasteiger partial charge < -0.3 is 10.6 Å². The highest BCUT2D eigenvalue weighted by Crippen LogP contribution is 2.24. The number of benzene rings is 1. The third-order valence-electron chi connectivity index (χ3n) is 3.38. The lowest BCUT2D eigenvalue weighted by Gasteiger charge is -2.35. The Kier molecular flexibility index (Phi) is 4.10. The molecule has 0 radical (unpaired) electrons. The number of nitrogens with two attached hydrogens (primary N) is 1. The van der Waals surface area contributed by atoms with Gasteiger partial charge in [-0.05, 0) is 43.7 Å². The second kappa shape index (κ2) is 5.46. The van der Waals surface area contributed by atoms with Crippen molar-refractivity contribution >= 4 is 15.5 Å². The van der Waals surface area contributed by atoms with Gasteiger partial charge >= 0.3 is 0 Å². The number of anilines is 1. The molecule has 0 saturated carbocycles. The van der Waals surface area contributed by atoms with E-state index < -0.39 is 9.84 Å². The molecule has 2 rings (SSSR count). The number of halogens is 1. The van der Waals surface area contributed by atoms with Crippen molar-refractivity contribution < 1.29 is 12.8 Å². The van der Waals surface area contributed by atoms with Crippen LogP contribution in [0.25, 0.3) is 0 Å². The van der Waals surface area contributed by atoms with Crippen LogP contribution in [-0.4, -0.2) is 39.1 Å². The minimum Gasteiger partial charge on any atom is -0.367 e. The van der Waals surface area contributed by atoms with E-state index in [1.807, 2.05) is 17.9 Å². The standard InChI is InChI=1S/C13H19FN2O2S/c1-10-9-19(17,18)5-4-16(10)13-7-11(2-3-15)6-12(14)8-13/h6-8,10H,2-5,9,15H2,1H3. The van der Waals surface area contributed by atoms with Gasteiger partial charge in [-0.3, -0.25) is 0 Å². The summed E-state index contributed by atoms with van der Waals surface area (Å²) in [6, 6.07) is 4.69. The molecule has 0 bridgehead atoms. The van der Waals surface area contributed by atoms with Crippen molar-refractivity contribution in [1.82, 2.24) is 0 Å². The maximum Gasteiger partial charge on any atom is 0.154 e. The molecule has 1 heterocycles. The quantitative estimate of drug-likeness (QED) is 0.898. The molecule has 1 aliphatic heterocycles. The third-order valence-corrected chi connectivity index (χ3v) is 5.17. The van der Waals surface area contributed by atoms with Crippen LogP contribution in [0.4, 0.5) is 10.1 Å². The van der Waals surface area contributed by atoms with Gasteiger partial charge in [-0.25, -0.2) is 12.8 Å². The van der Waals surface area contributed by atoms with E-state index in [-0.39, 0.29) is 23.4 Å².